The molecule has 0 spiro atoms. The second-order valence-corrected chi connectivity index (χ2v) is 6.44. The summed E-state index contributed by atoms with van der Waals surface area (Å²) in [5.41, 5.74) is 0.548. The molecule has 0 atom stereocenters. The van der Waals surface area contributed by atoms with Crippen molar-refractivity contribution >= 4 is 55.5 Å². The summed E-state index contributed by atoms with van der Waals surface area (Å²) >= 11 is 5.72. The summed E-state index contributed by atoms with van der Waals surface area (Å²) in [6, 6.07) is 4.76. The normalized spacial score (nSPS) is 10.2. The third-order valence-corrected chi connectivity index (χ3v) is 4.38. The van der Waals surface area contributed by atoms with Crippen molar-refractivity contribution in [1.82, 2.24) is 0 Å². The lowest BCUT2D eigenvalue weighted by Gasteiger charge is -1.98. The van der Waals surface area contributed by atoms with Crippen LogP contribution in [0.25, 0.3) is 0 Å². The zero-order valence-electron chi connectivity index (χ0n) is 8.27. The van der Waals surface area contributed by atoms with E-state index in [4.69, 9.17) is 5.11 Å². The topological polar surface area (TPSA) is 66.4 Å². The highest BCUT2D eigenvalue weighted by atomic mass is 79.9. The van der Waals surface area contributed by atoms with E-state index >= 15 is 0 Å². The van der Waals surface area contributed by atoms with Crippen molar-refractivity contribution in [3.05, 3.63) is 37.8 Å². The summed E-state index contributed by atoms with van der Waals surface area (Å²) in [5, 5.41) is 13.6. The maximum Gasteiger partial charge on any atom is 0.345 e. The first-order valence-electron chi connectivity index (χ1n) is 4.45. The molecule has 4 nitrogen and oxygen atoms in total. The Morgan fingerprint density at radius 1 is 1.35 bits per heavy atom. The molecule has 17 heavy (non-hydrogen) atoms. The third-order valence-electron chi connectivity index (χ3n) is 1.88. The number of rotatable bonds is 3. The second-order valence-electron chi connectivity index (χ2n) is 3.06. The fourth-order valence-corrected chi connectivity index (χ4v) is 3.01. The molecule has 1 amide bonds. The maximum atomic E-state index is 11.7. The molecular formula is C10H6BrNO3S2. The molecule has 0 aromatic carbocycles. The molecule has 0 bridgehead atoms. The van der Waals surface area contributed by atoms with Gasteiger partial charge in [-0.2, -0.15) is 0 Å². The van der Waals surface area contributed by atoms with Gasteiger partial charge in [0.25, 0.3) is 5.91 Å². The minimum atomic E-state index is -0.992. The molecule has 0 radical (unpaired) electrons. The predicted octanol–water partition coefficient (Wildman–Crippen LogP) is 3.52. The monoisotopic (exact) mass is 331 g/mol. The van der Waals surface area contributed by atoms with E-state index in [-0.39, 0.29) is 10.8 Å². The molecule has 7 heteroatoms. The highest BCUT2D eigenvalue weighted by molar-refractivity contribution is 9.11. The number of carboxylic acids is 1. The first-order valence-corrected chi connectivity index (χ1v) is 6.93. The lowest BCUT2D eigenvalue weighted by molar-refractivity contribution is 0.0702. The van der Waals surface area contributed by atoms with E-state index in [1.807, 2.05) is 0 Å². The van der Waals surface area contributed by atoms with E-state index in [1.54, 1.807) is 17.5 Å². The van der Waals surface area contributed by atoms with Gasteiger partial charge in [-0.1, -0.05) is 0 Å². The fraction of sp³-hybridized carbons (Fsp3) is 0. The molecule has 0 aliphatic rings. The number of halogens is 1. The van der Waals surface area contributed by atoms with Crippen LogP contribution >= 0.6 is 38.6 Å². The van der Waals surface area contributed by atoms with E-state index in [0.29, 0.717) is 10.6 Å². The Morgan fingerprint density at radius 2 is 2.12 bits per heavy atom. The summed E-state index contributed by atoms with van der Waals surface area (Å²) in [7, 11) is 0. The van der Waals surface area contributed by atoms with Gasteiger partial charge in [0.05, 0.1) is 14.4 Å². The molecule has 2 aromatic heterocycles. The molecule has 0 aliphatic carbocycles. The number of aromatic carboxylic acids is 1. The first-order chi connectivity index (χ1) is 8.06. The van der Waals surface area contributed by atoms with Crippen LogP contribution in [0, 0.1) is 0 Å². The van der Waals surface area contributed by atoms with E-state index < -0.39 is 5.97 Å². The molecule has 2 aromatic rings. The molecular weight excluding hydrogens is 326 g/mol. The Kier molecular flexibility index (Phi) is 3.60. The van der Waals surface area contributed by atoms with Gasteiger partial charge in [0.15, 0.2) is 0 Å². The lowest BCUT2D eigenvalue weighted by atomic mass is 10.3. The highest BCUT2D eigenvalue weighted by Crippen LogP contribution is 2.24. The van der Waals surface area contributed by atoms with E-state index in [0.717, 1.165) is 15.1 Å². The van der Waals surface area contributed by atoms with Crippen molar-refractivity contribution in [2.45, 2.75) is 0 Å². The van der Waals surface area contributed by atoms with Crippen LogP contribution in [0.3, 0.4) is 0 Å². The van der Waals surface area contributed by atoms with Gasteiger partial charge >= 0.3 is 5.97 Å². The predicted molar refractivity (Wildman–Crippen MR) is 71.3 cm³/mol. The molecule has 2 rings (SSSR count). The highest BCUT2D eigenvalue weighted by Gasteiger charge is 2.11. The molecule has 0 aliphatic heterocycles. The van der Waals surface area contributed by atoms with E-state index in [1.165, 1.54) is 17.4 Å². The van der Waals surface area contributed by atoms with Gasteiger partial charge < -0.3 is 10.4 Å². The summed E-state index contributed by atoms with van der Waals surface area (Å²) in [6.45, 7) is 0. The summed E-state index contributed by atoms with van der Waals surface area (Å²) < 4.78 is 0.875. The first kappa shape index (κ1) is 12.3. The molecule has 88 valence electrons. The Balaban J connectivity index is 2.10. The van der Waals surface area contributed by atoms with E-state index in [2.05, 4.69) is 21.2 Å². The van der Waals surface area contributed by atoms with Crippen molar-refractivity contribution in [2.24, 2.45) is 0 Å². The van der Waals surface area contributed by atoms with Gasteiger partial charge in [-0.05, 0) is 34.1 Å². The molecule has 0 saturated heterocycles. The van der Waals surface area contributed by atoms with Crippen molar-refractivity contribution in [3.63, 3.8) is 0 Å². The molecule has 0 fully saturated rings. The minimum absolute atomic E-state index is 0.201. The average molecular weight is 332 g/mol. The molecule has 0 saturated carbocycles. The van der Waals surface area contributed by atoms with Crippen molar-refractivity contribution in [2.75, 3.05) is 5.32 Å². The minimum Gasteiger partial charge on any atom is -0.477 e. The number of thiophene rings is 2. The van der Waals surface area contributed by atoms with Gasteiger partial charge in [0.2, 0.25) is 0 Å². The van der Waals surface area contributed by atoms with Gasteiger partial charge in [-0.25, -0.2) is 4.79 Å². The number of carbonyl (C=O) groups is 2. The van der Waals surface area contributed by atoms with Gasteiger partial charge in [0, 0.05) is 5.38 Å². The standard InChI is InChI=1S/C10H6BrNO3S2/c11-7-3-5(4-16-7)9(13)12-8-2-1-6(17-8)10(14)15/h1-4H,(H,12,13)(H,14,15). The van der Waals surface area contributed by atoms with Crippen LogP contribution in [0.4, 0.5) is 5.00 Å². The van der Waals surface area contributed by atoms with Crippen molar-refractivity contribution in [1.29, 1.82) is 0 Å². The van der Waals surface area contributed by atoms with Crippen LogP contribution in [-0.2, 0) is 0 Å². The smallest absolute Gasteiger partial charge is 0.345 e. The Morgan fingerprint density at radius 3 is 2.65 bits per heavy atom. The Hall–Kier alpha value is -1.18. The number of amides is 1. The van der Waals surface area contributed by atoms with Crippen LogP contribution in [0.2, 0.25) is 0 Å². The summed E-state index contributed by atoms with van der Waals surface area (Å²) in [6.07, 6.45) is 0. The van der Waals surface area contributed by atoms with Crippen LogP contribution in [0.1, 0.15) is 20.0 Å². The average Bonchev–Trinajstić information content (AvgIpc) is 2.86. The Labute approximate surface area is 113 Å². The zero-order valence-corrected chi connectivity index (χ0v) is 11.5. The second kappa shape index (κ2) is 4.99. The SMILES string of the molecule is O=C(Nc1ccc(C(=O)O)s1)c1csc(Br)c1. The molecule has 2 N–H and O–H groups in total. The fourth-order valence-electron chi connectivity index (χ4n) is 1.13. The maximum absolute atomic E-state index is 11.7. The van der Waals surface area contributed by atoms with Crippen molar-refractivity contribution < 1.29 is 14.7 Å². The van der Waals surface area contributed by atoms with E-state index in [9.17, 15) is 9.59 Å². The van der Waals surface area contributed by atoms with Crippen LogP contribution in [0.15, 0.2) is 27.4 Å². The third kappa shape index (κ3) is 2.93. The number of carboxylic acid groups (broad SMARTS) is 1. The number of hydrogen-bond donors (Lipinski definition) is 2. The summed E-state index contributed by atoms with van der Waals surface area (Å²) in [5.74, 6) is -1.24. The number of anilines is 1. The quantitative estimate of drug-likeness (QED) is 0.904. The van der Waals surface area contributed by atoms with Gasteiger partial charge in [-0.3, -0.25) is 4.79 Å². The van der Waals surface area contributed by atoms with Crippen LogP contribution in [0.5, 0.6) is 0 Å². The van der Waals surface area contributed by atoms with Gasteiger partial charge in [-0.15, -0.1) is 22.7 Å². The number of hydrogen-bond acceptors (Lipinski definition) is 4. The largest absolute Gasteiger partial charge is 0.477 e. The van der Waals surface area contributed by atoms with Crippen molar-refractivity contribution in [3.8, 4) is 0 Å². The summed E-state index contributed by atoms with van der Waals surface area (Å²) in [4.78, 5) is 22.6. The van der Waals surface area contributed by atoms with Gasteiger partial charge in [0.1, 0.15) is 4.88 Å². The van der Waals surface area contributed by atoms with Crippen LogP contribution < -0.4 is 5.32 Å². The molecule has 0 unspecified atom stereocenters. The molecule has 2 heterocycles. The lowest BCUT2D eigenvalue weighted by Crippen LogP contribution is -2.09. The Bertz CT molecular complexity index is 576. The number of carbonyl (C=O) groups excluding carboxylic acids is 1. The zero-order chi connectivity index (χ0) is 12.4. The number of nitrogens with one attached hydrogen (secondary N) is 1. The van der Waals surface area contributed by atoms with Crippen LogP contribution in [-0.4, -0.2) is 17.0 Å².